The fourth-order valence-electron chi connectivity index (χ4n) is 3.20. The molecule has 0 atom stereocenters. The molecular weight excluding hydrogens is 352 g/mol. The summed E-state index contributed by atoms with van der Waals surface area (Å²) in [7, 11) is 0. The zero-order valence-corrected chi connectivity index (χ0v) is 16.8. The lowest BCUT2D eigenvalue weighted by molar-refractivity contribution is -0.138. The van der Waals surface area contributed by atoms with Gasteiger partial charge in [0.25, 0.3) is 11.8 Å². The van der Waals surface area contributed by atoms with Crippen LogP contribution in [0.2, 0.25) is 0 Å². The van der Waals surface area contributed by atoms with Gasteiger partial charge in [0, 0.05) is 11.7 Å². The Hall–Kier alpha value is -3.08. The third-order valence-electron chi connectivity index (χ3n) is 4.53. The van der Waals surface area contributed by atoms with E-state index in [4.69, 9.17) is 4.74 Å². The Bertz CT molecular complexity index is 914. The van der Waals surface area contributed by atoms with Gasteiger partial charge in [-0.05, 0) is 62.6 Å². The number of aryl methyl sites for hydroxylation is 1. The molecule has 1 aliphatic rings. The summed E-state index contributed by atoms with van der Waals surface area (Å²) in [6.07, 6.45) is 0.924. The molecule has 0 aliphatic carbocycles. The van der Waals surface area contributed by atoms with E-state index < -0.39 is 0 Å². The molecule has 1 heterocycles. The quantitative estimate of drug-likeness (QED) is 0.726. The normalized spacial score (nSPS) is 14.2. The fourth-order valence-corrected chi connectivity index (χ4v) is 3.20. The van der Waals surface area contributed by atoms with Crippen LogP contribution >= 0.6 is 0 Å². The number of hydrogen-bond acceptors (Lipinski definition) is 4. The number of anilines is 1. The lowest BCUT2D eigenvalue weighted by atomic mass is 10.0. The molecule has 0 aromatic heterocycles. The van der Waals surface area contributed by atoms with Gasteiger partial charge in [-0.3, -0.25) is 14.5 Å². The van der Waals surface area contributed by atoms with Crippen molar-refractivity contribution in [3.63, 3.8) is 0 Å². The van der Waals surface area contributed by atoms with E-state index in [0.717, 1.165) is 23.4 Å². The van der Waals surface area contributed by atoms with Crippen molar-refractivity contribution in [1.82, 2.24) is 4.90 Å². The molecule has 1 N–H and O–H groups in total. The molecule has 28 heavy (non-hydrogen) atoms. The van der Waals surface area contributed by atoms with Crippen LogP contribution in [0.15, 0.2) is 54.2 Å². The summed E-state index contributed by atoms with van der Waals surface area (Å²) in [5, 5.41) is 3.18. The summed E-state index contributed by atoms with van der Waals surface area (Å²) in [6, 6.07) is 14.8. The fraction of sp³-hybridized carbons (Fsp3) is 0.304. The monoisotopic (exact) mass is 378 g/mol. The van der Waals surface area contributed by atoms with E-state index in [0.29, 0.717) is 23.4 Å². The third kappa shape index (κ3) is 3.93. The summed E-state index contributed by atoms with van der Waals surface area (Å²) in [5.74, 6) is 0.164. The molecule has 3 rings (SSSR count). The van der Waals surface area contributed by atoms with Crippen molar-refractivity contribution in [3.05, 3.63) is 65.4 Å². The highest BCUT2D eigenvalue weighted by molar-refractivity contribution is 6.36. The first kappa shape index (κ1) is 19.7. The van der Waals surface area contributed by atoms with E-state index in [9.17, 15) is 9.59 Å². The number of amides is 2. The number of ether oxygens (including phenoxy) is 1. The molecule has 5 nitrogen and oxygen atoms in total. The van der Waals surface area contributed by atoms with Crippen LogP contribution in [0.3, 0.4) is 0 Å². The number of benzene rings is 2. The van der Waals surface area contributed by atoms with E-state index in [2.05, 4.69) is 5.32 Å². The molecule has 2 aromatic carbocycles. The van der Waals surface area contributed by atoms with Crippen molar-refractivity contribution in [2.75, 3.05) is 11.9 Å². The maximum absolute atomic E-state index is 13.1. The third-order valence-corrected chi connectivity index (χ3v) is 4.53. The molecule has 0 bridgehead atoms. The Morgan fingerprint density at radius 2 is 1.75 bits per heavy atom. The van der Waals surface area contributed by atoms with Gasteiger partial charge in [-0.15, -0.1) is 0 Å². The second-order valence-electron chi connectivity index (χ2n) is 7.19. The van der Waals surface area contributed by atoms with Crippen LogP contribution in [0.4, 0.5) is 5.69 Å². The molecule has 0 spiro atoms. The van der Waals surface area contributed by atoms with Crippen LogP contribution in [0, 0.1) is 6.92 Å². The summed E-state index contributed by atoms with van der Waals surface area (Å²) in [5.41, 5.74) is 3.25. The van der Waals surface area contributed by atoms with Crippen molar-refractivity contribution in [3.8, 4) is 5.75 Å². The number of nitrogens with one attached hydrogen (secondary N) is 1. The van der Waals surface area contributed by atoms with Crippen LogP contribution in [-0.2, 0) is 9.59 Å². The number of carbonyl (C=O) groups excluding carboxylic acids is 2. The van der Waals surface area contributed by atoms with Crippen molar-refractivity contribution in [1.29, 1.82) is 0 Å². The van der Waals surface area contributed by atoms with Crippen LogP contribution in [0.1, 0.15) is 38.3 Å². The molecule has 2 amide bonds. The Balaban J connectivity index is 2.01. The van der Waals surface area contributed by atoms with Crippen LogP contribution in [-0.4, -0.2) is 29.4 Å². The number of imide groups is 1. The van der Waals surface area contributed by atoms with E-state index in [-0.39, 0.29) is 17.9 Å². The van der Waals surface area contributed by atoms with Gasteiger partial charge in [0.1, 0.15) is 11.4 Å². The maximum Gasteiger partial charge on any atom is 0.278 e. The Kier molecular flexibility index (Phi) is 5.83. The van der Waals surface area contributed by atoms with E-state index in [1.807, 2.05) is 76.2 Å². The molecule has 0 radical (unpaired) electrons. The van der Waals surface area contributed by atoms with Gasteiger partial charge in [-0.25, -0.2) is 0 Å². The standard InChI is InChI=1S/C23H26N2O3/c1-5-13-28-19-11-9-17(10-12-19)20-21(23(27)25(15(2)3)22(20)26)24-18-8-6-7-16(4)14-18/h6-12,14-15,24H,5,13H2,1-4H3. The SMILES string of the molecule is CCCOc1ccc(C2=C(Nc3cccc(C)c3)C(=O)N(C(C)C)C2=O)cc1. The highest BCUT2D eigenvalue weighted by Gasteiger charge is 2.40. The first-order chi connectivity index (χ1) is 13.4. The number of carbonyl (C=O) groups is 2. The van der Waals surface area contributed by atoms with Gasteiger partial charge in [0.2, 0.25) is 0 Å². The van der Waals surface area contributed by atoms with Gasteiger partial charge in [-0.2, -0.15) is 0 Å². The predicted octanol–water partition coefficient (Wildman–Crippen LogP) is 4.38. The number of nitrogens with zero attached hydrogens (tertiary/aromatic N) is 1. The summed E-state index contributed by atoms with van der Waals surface area (Å²) in [4.78, 5) is 27.4. The Morgan fingerprint density at radius 3 is 2.36 bits per heavy atom. The lowest BCUT2D eigenvalue weighted by Crippen LogP contribution is -2.38. The van der Waals surface area contributed by atoms with Crippen molar-refractivity contribution < 1.29 is 14.3 Å². The molecule has 146 valence electrons. The number of hydrogen-bond donors (Lipinski definition) is 1. The van der Waals surface area contributed by atoms with Gasteiger partial charge < -0.3 is 10.1 Å². The van der Waals surface area contributed by atoms with E-state index in [1.54, 1.807) is 0 Å². The summed E-state index contributed by atoms with van der Waals surface area (Å²) < 4.78 is 5.62. The zero-order chi connectivity index (χ0) is 20.3. The molecule has 0 fully saturated rings. The van der Waals surface area contributed by atoms with Crippen LogP contribution in [0.25, 0.3) is 5.57 Å². The minimum atomic E-state index is -0.303. The molecule has 0 saturated heterocycles. The number of rotatable bonds is 7. The molecule has 0 saturated carbocycles. The first-order valence-corrected chi connectivity index (χ1v) is 9.61. The van der Waals surface area contributed by atoms with Crippen molar-refractivity contribution in [2.24, 2.45) is 0 Å². The average Bonchev–Trinajstić information content (AvgIpc) is 2.90. The van der Waals surface area contributed by atoms with Gasteiger partial charge >= 0.3 is 0 Å². The van der Waals surface area contributed by atoms with Crippen LogP contribution in [0.5, 0.6) is 5.75 Å². The van der Waals surface area contributed by atoms with Gasteiger partial charge in [0.15, 0.2) is 0 Å². The molecule has 0 unspecified atom stereocenters. The molecule has 1 aliphatic heterocycles. The minimum Gasteiger partial charge on any atom is -0.494 e. The van der Waals surface area contributed by atoms with Gasteiger partial charge in [0.05, 0.1) is 12.2 Å². The maximum atomic E-state index is 13.1. The topological polar surface area (TPSA) is 58.6 Å². The highest BCUT2D eigenvalue weighted by atomic mass is 16.5. The van der Waals surface area contributed by atoms with Crippen molar-refractivity contribution in [2.45, 2.75) is 40.2 Å². The Labute approximate surface area is 166 Å². The average molecular weight is 378 g/mol. The summed E-state index contributed by atoms with van der Waals surface area (Å²) in [6.45, 7) is 8.35. The van der Waals surface area contributed by atoms with Gasteiger partial charge in [-0.1, -0.05) is 31.2 Å². The smallest absolute Gasteiger partial charge is 0.278 e. The minimum absolute atomic E-state index is 0.223. The van der Waals surface area contributed by atoms with Crippen molar-refractivity contribution >= 4 is 23.1 Å². The molecule has 2 aromatic rings. The Morgan fingerprint density at radius 1 is 1.04 bits per heavy atom. The molecular formula is C23H26N2O3. The highest BCUT2D eigenvalue weighted by Crippen LogP contribution is 2.32. The summed E-state index contributed by atoms with van der Waals surface area (Å²) >= 11 is 0. The zero-order valence-electron chi connectivity index (χ0n) is 16.8. The predicted molar refractivity (Wildman–Crippen MR) is 111 cm³/mol. The van der Waals surface area contributed by atoms with E-state index in [1.165, 1.54) is 4.90 Å². The molecule has 5 heteroatoms. The first-order valence-electron chi connectivity index (χ1n) is 9.61. The van der Waals surface area contributed by atoms with E-state index >= 15 is 0 Å². The lowest BCUT2D eigenvalue weighted by Gasteiger charge is -2.19. The van der Waals surface area contributed by atoms with Crippen LogP contribution < -0.4 is 10.1 Å². The second kappa shape index (κ2) is 8.30. The second-order valence-corrected chi connectivity index (χ2v) is 7.19. The largest absolute Gasteiger partial charge is 0.494 e.